The maximum absolute atomic E-state index is 13.6. The third-order valence-electron chi connectivity index (χ3n) is 3.89. The maximum Gasteiger partial charge on any atom is 0.338 e. The van der Waals surface area contributed by atoms with Crippen LogP contribution in [-0.2, 0) is 14.8 Å². The first-order chi connectivity index (χ1) is 12.7. The third kappa shape index (κ3) is 4.37. The molecule has 142 valence electrons. The average molecular weight is 413 g/mol. The quantitative estimate of drug-likeness (QED) is 0.673. The van der Waals surface area contributed by atoms with Crippen LogP contribution in [0.1, 0.15) is 23.2 Å². The molecule has 0 saturated heterocycles. The molecule has 1 fully saturated rings. The summed E-state index contributed by atoms with van der Waals surface area (Å²) in [4.78, 5) is 22.2. The van der Waals surface area contributed by atoms with Crippen LogP contribution in [0.25, 0.3) is 0 Å². The summed E-state index contributed by atoms with van der Waals surface area (Å²) in [5, 5.41) is 11.2. The van der Waals surface area contributed by atoms with Crippen LogP contribution in [0.2, 0.25) is 5.02 Å². The van der Waals surface area contributed by atoms with E-state index in [1.165, 1.54) is 24.3 Å². The lowest BCUT2D eigenvalue weighted by Gasteiger charge is -2.11. The summed E-state index contributed by atoms with van der Waals surface area (Å²) in [6.45, 7) is 0. The Balaban J connectivity index is 1.81. The van der Waals surface area contributed by atoms with E-state index in [4.69, 9.17) is 16.7 Å². The van der Waals surface area contributed by atoms with Crippen molar-refractivity contribution in [3.05, 3.63) is 52.8 Å². The highest BCUT2D eigenvalue weighted by atomic mass is 35.5. The largest absolute Gasteiger partial charge is 0.478 e. The zero-order chi connectivity index (χ0) is 19.8. The average Bonchev–Trinajstić information content (AvgIpc) is 3.40. The lowest BCUT2D eigenvalue weighted by Crippen LogP contribution is -2.16. The molecule has 10 heteroatoms. The topological polar surface area (TPSA) is 113 Å². The molecule has 0 atom stereocenters. The van der Waals surface area contributed by atoms with E-state index in [-0.39, 0.29) is 17.5 Å². The zero-order valence-corrected chi connectivity index (χ0v) is 15.3. The van der Waals surface area contributed by atoms with Crippen molar-refractivity contribution < 1.29 is 27.5 Å². The molecule has 1 aliphatic rings. The van der Waals surface area contributed by atoms with Crippen molar-refractivity contribution in [2.24, 2.45) is 5.92 Å². The molecule has 2 aromatic carbocycles. The van der Waals surface area contributed by atoms with Crippen LogP contribution in [0.5, 0.6) is 0 Å². The molecule has 27 heavy (non-hydrogen) atoms. The van der Waals surface area contributed by atoms with Gasteiger partial charge in [-0.05, 0) is 49.2 Å². The first kappa shape index (κ1) is 19.1. The van der Waals surface area contributed by atoms with Crippen molar-refractivity contribution in [2.75, 3.05) is 10.0 Å². The van der Waals surface area contributed by atoms with Crippen LogP contribution in [0, 0.1) is 11.7 Å². The number of anilines is 2. The number of aromatic carboxylic acids is 1. The van der Waals surface area contributed by atoms with Gasteiger partial charge in [-0.2, -0.15) is 0 Å². The Kier molecular flexibility index (Phi) is 5.07. The number of halogens is 2. The number of carboxylic acid groups (broad SMARTS) is 1. The summed E-state index contributed by atoms with van der Waals surface area (Å²) >= 11 is 5.78. The number of carbonyl (C=O) groups excluding carboxylic acids is 1. The van der Waals surface area contributed by atoms with Gasteiger partial charge < -0.3 is 10.4 Å². The number of sulfonamides is 1. The minimum Gasteiger partial charge on any atom is -0.478 e. The van der Waals surface area contributed by atoms with Gasteiger partial charge in [0.15, 0.2) is 0 Å². The van der Waals surface area contributed by atoms with E-state index in [1.54, 1.807) is 0 Å². The van der Waals surface area contributed by atoms with Crippen molar-refractivity contribution in [1.29, 1.82) is 0 Å². The Bertz CT molecular complexity index is 1020. The van der Waals surface area contributed by atoms with E-state index in [1.807, 2.05) is 0 Å². The highest BCUT2D eigenvalue weighted by molar-refractivity contribution is 7.92. The zero-order valence-electron chi connectivity index (χ0n) is 13.7. The minimum atomic E-state index is -4.26. The monoisotopic (exact) mass is 412 g/mol. The summed E-state index contributed by atoms with van der Waals surface area (Å²) in [7, 11) is -4.26. The predicted molar refractivity (Wildman–Crippen MR) is 97.0 cm³/mol. The summed E-state index contributed by atoms with van der Waals surface area (Å²) in [6, 6.07) is 7.19. The van der Waals surface area contributed by atoms with E-state index < -0.39 is 37.3 Å². The molecule has 0 spiro atoms. The number of benzene rings is 2. The molecular weight excluding hydrogens is 399 g/mol. The molecule has 7 nitrogen and oxygen atoms in total. The smallest absolute Gasteiger partial charge is 0.338 e. The minimum absolute atomic E-state index is 0.0345. The summed E-state index contributed by atoms with van der Waals surface area (Å²) in [5.74, 6) is -2.80. The lowest BCUT2D eigenvalue weighted by atomic mass is 10.2. The fourth-order valence-corrected chi connectivity index (χ4v) is 3.92. The molecule has 0 aliphatic heterocycles. The number of nitrogens with one attached hydrogen (secondary N) is 2. The van der Waals surface area contributed by atoms with Gasteiger partial charge in [0.1, 0.15) is 10.7 Å². The highest BCUT2D eigenvalue weighted by Crippen LogP contribution is 2.31. The van der Waals surface area contributed by atoms with Gasteiger partial charge in [0.25, 0.3) is 10.0 Å². The number of hydrogen-bond acceptors (Lipinski definition) is 4. The van der Waals surface area contributed by atoms with Crippen LogP contribution in [0.4, 0.5) is 15.8 Å². The molecule has 2 aromatic rings. The van der Waals surface area contributed by atoms with E-state index in [2.05, 4.69) is 10.0 Å². The lowest BCUT2D eigenvalue weighted by molar-refractivity contribution is -0.117. The summed E-state index contributed by atoms with van der Waals surface area (Å²) in [6.07, 6.45) is 1.72. The molecule has 1 aliphatic carbocycles. The Labute approximate surface area is 159 Å². The van der Waals surface area contributed by atoms with Crippen LogP contribution in [0.15, 0.2) is 41.3 Å². The van der Waals surface area contributed by atoms with Crippen LogP contribution in [0.3, 0.4) is 0 Å². The molecular formula is C17H14ClFN2O5S. The summed E-state index contributed by atoms with van der Waals surface area (Å²) < 4.78 is 40.8. The van der Waals surface area contributed by atoms with Crippen LogP contribution in [-0.4, -0.2) is 25.4 Å². The van der Waals surface area contributed by atoms with Gasteiger partial charge in [-0.15, -0.1) is 0 Å². The number of rotatable bonds is 6. The van der Waals surface area contributed by atoms with Gasteiger partial charge in [0.05, 0.1) is 10.6 Å². The second kappa shape index (κ2) is 7.16. The Morgan fingerprint density at radius 3 is 2.26 bits per heavy atom. The molecule has 0 radical (unpaired) electrons. The van der Waals surface area contributed by atoms with Gasteiger partial charge in [-0.3, -0.25) is 9.52 Å². The highest BCUT2D eigenvalue weighted by Gasteiger charge is 2.29. The molecule has 3 rings (SSSR count). The van der Waals surface area contributed by atoms with E-state index in [9.17, 15) is 22.4 Å². The maximum atomic E-state index is 13.6. The third-order valence-corrected chi connectivity index (χ3v) is 5.74. The number of carboxylic acids is 1. The molecule has 0 aromatic heterocycles. The normalized spacial score (nSPS) is 13.9. The molecule has 3 N–H and O–H groups in total. The Hall–Kier alpha value is -2.65. The van der Waals surface area contributed by atoms with Crippen LogP contribution >= 0.6 is 11.6 Å². The van der Waals surface area contributed by atoms with Gasteiger partial charge in [-0.1, -0.05) is 11.6 Å². The molecule has 1 saturated carbocycles. The number of hydrogen-bond donors (Lipinski definition) is 3. The van der Waals surface area contributed by atoms with Gasteiger partial charge in [0.2, 0.25) is 5.91 Å². The van der Waals surface area contributed by atoms with Crippen molar-refractivity contribution in [2.45, 2.75) is 17.7 Å². The SMILES string of the molecule is O=C(O)c1cc(S(=O)(=O)Nc2ccc(NC(=O)C3CC3)cc2)c(Cl)cc1F. The first-order valence-electron chi connectivity index (χ1n) is 7.83. The van der Waals surface area contributed by atoms with Crippen molar-refractivity contribution in [1.82, 2.24) is 0 Å². The molecule has 0 bridgehead atoms. The summed E-state index contributed by atoms with van der Waals surface area (Å²) in [5.41, 5.74) is -0.127. The fraction of sp³-hybridized carbons (Fsp3) is 0.176. The second-order valence-corrected chi connectivity index (χ2v) is 8.07. The number of amides is 1. The van der Waals surface area contributed by atoms with Crippen molar-refractivity contribution in [3.8, 4) is 0 Å². The van der Waals surface area contributed by atoms with Crippen molar-refractivity contribution in [3.63, 3.8) is 0 Å². The van der Waals surface area contributed by atoms with E-state index in [0.29, 0.717) is 17.8 Å². The van der Waals surface area contributed by atoms with E-state index >= 15 is 0 Å². The molecule has 0 heterocycles. The second-order valence-electron chi connectivity index (χ2n) is 6.01. The Morgan fingerprint density at radius 2 is 1.70 bits per heavy atom. The first-order valence-corrected chi connectivity index (χ1v) is 9.69. The number of carbonyl (C=O) groups is 2. The van der Waals surface area contributed by atoms with E-state index in [0.717, 1.165) is 12.8 Å². The standard InChI is InChI=1S/C17H14ClFN2O5S/c18-13-8-14(19)12(17(23)24)7-15(13)27(25,26)21-11-5-3-10(4-6-11)20-16(22)9-1-2-9/h3-9,21H,1-2H2,(H,20,22)(H,23,24). The molecule has 1 amide bonds. The van der Waals surface area contributed by atoms with Gasteiger partial charge >= 0.3 is 5.97 Å². The van der Waals surface area contributed by atoms with Gasteiger partial charge in [0, 0.05) is 17.3 Å². The predicted octanol–water partition coefficient (Wildman–Crippen LogP) is 3.33. The van der Waals surface area contributed by atoms with Crippen molar-refractivity contribution >= 4 is 44.9 Å². The Morgan fingerprint density at radius 1 is 1.11 bits per heavy atom. The molecule has 0 unspecified atom stereocenters. The van der Waals surface area contributed by atoms with Crippen LogP contribution < -0.4 is 10.0 Å². The van der Waals surface area contributed by atoms with Gasteiger partial charge in [-0.25, -0.2) is 17.6 Å². The fourth-order valence-electron chi connectivity index (χ4n) is 2.32.